The first kappa shape index (κ1) is 14.3. The summed E-state index contributed by atoms with van der Waals surface area (Å²) in [6, 6.07) is 7.51. The van der Waals surface area contributed by atoms with Gasteiger partial charge in [0.05, 0.1) is 13.7 Å². The molecule has 0 aliphatic rings. The number of methoxy groups -OCH3 is 1. The second kappa shape index (κ2) is 8.34. The van der Waals surface area contributed by atoms with E-state index in [0.717, 1.165) is 30.6 Å². The van der Waals surface area contributed by atoms with Crippen LogP contribution in [0.5, 0.6) is 5.75 Å². The van der Waals surface area contributed by atoms with Crippen molar-refractivity contribution in [3.63, 3.8) is 0 Å². The summed E-state index contributed by atoms with van der Waals surface area (Å²) in [4.78, 5) is 11.4. The van der Waals surface area contributed by atoms with Crippen molar-refractivity contribution in [2.24, 2.45) is 0 Å². The molecule has 1 aromatic carbocycles. The first-order valence-corrected chi connectivity index (χ1v) is 6.25. The largest absolute Gasteiger partial charge is 0.497 e. The fourth-order valence-corrected chi connectivity index (χ4v) is 1.48. The van der Waals surface area contributed by atoms with E-state index in [4.69, 9.17) is 9.47 Å². The summed E-state index contributed by atoms with van der Waals surface area (Å²) in [7, 11) is 1.62. The quantitative estimate of drug-likeness (QED) is 0.421. The molecule has 1 rings (SSSR count). The zero-order valence-corrected chi connectivity index (χ0v) is 11.0. The van der Waals surface area contributed by atoms with Crippen molar-refractivity contribution in [2.75, 3.05) is 13.7 Å². The molecule has 0 heterocycles. The van der Waals surface area contributed by atoms with E-state index in [9.17, 15) is 4.79 Å². The van der Waals surface area contributed by atoms with Crippen LogP contribution >= 0.6 is 0 Å². The normalized spacial score (nSPS) is 10.6. The average molecular weight is 248 g/mol. The highest BCUT2D eigenvalue weighted by molar-refractivity contribution is 5.87. The Balaban J connectivity index is 2.40. The molecule has 0 saturated carbocycles. The highest BCUT2D eigenvalue weighted by atomic mass is 16.5. The molecule has 0 saturated heterocycles. The van der Waals surface area contributed by atoms with Crippen LogP contribution in [0, 0.1) is 0 Å². The predicted octanol–water partition coefficient (Wildman–Crippen LogP) is 3.44. The van der Waals surface area contributed by atoms with Crippen LogP contribution in [0.2, 0.25) is 0 Å². The van der Waals surface area contributed by atoms with Crippen LogP contribution in [-0.4, -0.2) is 19.7 Å². The zero-order chi connectivity index (χ0) is 13.2. The van der Waals surface area contributed by atoms with Gasteiger partial charge in [-0.05, 0) is 30.2 Å². The number of carbonyl (C=O) groups is 1. The van der Waals surface area contributed by atoms with Gasteiger partial charge in [0.15, 0.2) is 0 Å². The highest BCUT2D eigenvalue weighted by Crippen LogP contribution is 2.13. The van der Waals surface area contributed by atoms with Gasteiger partial charge in [-0.3, -0.25) is 0 Å². The van der Waals surface area contributed by atoms with Gasteiger partial charge in [0, 0.05) is 6.08 Å². The number of unbranched alkanes of at least 4 members (excludes halogenated alkanes) is 2. The summed E-state index contributed by atoms with van der Waals surface area (Å²) in [6.07, 6.45) is 6.31. The summed E-state index contributed by atoms with van der Waals surface area (Å²) in [5.41, 5.74) is 0.917. The maximum absolute atomic E-state index is 11.4. The third-order valence-electron chi connectivity index (χ3n) is 2.50. The van der Waals surface area contributed by atoms with E-state index in [1.807, 2.05) is 24.3 Å². The van der Waals surface area contributed by atoms with Crippen molar-refractivity contribution in [2.45, 2.75) is 26.2 Å². The Hall–Kier alpha value is -1.77. The second-order valence-electron chi connectivity index (χ2n) is 3.98. The Labute approximate surface area is 108 Å². The molecular weight excluding hydrogens is 228 g/mol. The molecule has 3 heteroatoms. The maximum Gasteiger partial charge on any atom is 0.330 e. The fourth-order valence-electron chi connectivity index (χ4n) is 1.48. The molecule has 0 aromatic heterocycles. The van der Waals surface area contributed by atoms with E-state index in [-0.39, 0.29) is 5.97 Å². The number of rotatable bonds is 7. The molecule has 0 amide bonds. The SMILES string of the molecule is CCCCCOC(=O)/C=C/c1cccc(OC)c1. The molecular formula is C15H20O3. The molecule has 18 heavy (non-hydrogen) atoms. The van der Waals surface area contributed by atoms with Crippen LogP contribution in [0.25, 0.3) is 6.08 Å². The third kappa shape index (κ3) is 5.53. The second-order valence-corrected chi connectivity index (χ2v) is 3.98. The van der Waals surface area contributed by atoms with E-state index in [1.165, 1.54) is 6.08 Å². The Morgan fingerprint density at radius 2 is 2.17 bits per heavy atom. The lowest BCUT2D eigenvalue weighted by Crippen LogP contribution is -2.01. The van der Waals surface area contributed by atoms with E-state index < -0.39 is 0 Å². The number of hydrogen-bond donors (Lipinski definition) is 0. The number of hydrogen-bond acceptors (Lipinski definition) is 3. The van der Waals surface area contributed by atoms with Crippen molar-refractivity contribution in [1.82, 2.24) is 0 Å². The van der Waals surface area contributed by atoms with Gasteiger partial charge in [-0.2, -0.15) is 0 Å². The first-order valence-electron chi connectivity index (χ1n) is 6.25. The van der Waals surface area contributed by atoms with Crippen molar-refractivity contribution >= 4 is 12.0 Å². The Morgan fingerprint density at radius 3 is 2.89 bits per heavy atom. The first-order chi connectivity index (χ1) is 8.76. The fraction of sp³-hybridized carbons (Fsp3) is 0.400. The van der Waals surface area contributed by atoms with E-state index in [1.54, 1.807) is 13.2 Å². The van der Waals surface area contributed by atoms with Crippen LogP contribution < -0.4 is 4.74 Å². The smallest absolute Gasteiger partial charge is 0.330 e. The Morgan fingerprint density at radius 1 is 1.33 bits per heavy atom. The summed E-state index contributed by atoms with van der Waals surface area (Å²) in [5, 5.41) is 0. The third-order valence-corrected chi connectivity index (χ3v) is 2.50. The number of benzene rings is 1. The summed E-state index contributed by atoms with van der Waals surface area (Å²) in [5.74, 6) is 0.474. The minimum Gasteiger partial charge on any atom is -0.497 e. The summed E-state index contributed by atoms with van der Waals surface area (Å²) in [6.45, 7) is 2.61. The van der Waals surface area contributed by atoms with Gasteiger partial charge in [-0.1, -0.05) is 31.9 Å². The lowest BCUT2D eigenvalue weighted by molar-refractivity contribution is -0.137. The minimum absolute atomic E-state index is 0.297. The van der Waals surface area contributed by atoms with Crippen molar-refractivity contribution < 1.29 is 14.3 Å². The zero-order valence-electron chi connectivity index (χ0n) is 11.0. The molecule has 98 valence electrons. The van der Waals surface area contributed by atoms with Gasteiger partial charge in [0.2, 0.25) is 0 Å². The molecule has 0 N–H and O–H groups in total. The van der Waals surface area contributed by atoms with E-state index >= 15 is 0 Å². The molecule has 0 aliphatic carbocycles. The molecule has 0 spiro atoms. The van der Waals surface area contributed by atoms with Gasteiger partial charge in [0.25, 0.3) is 0 Å². The topological polar surface area (TPSA) is 35.5 Å². The van der Waals surface area contributed by atoms with Gasteiger partial charge in [-0.15, -0.1) is 0 Å². The number of esters is 1. The van der Waals surface area contributed by atoms with Crippen LogP contribution in [0.1, 0.15) is 31.7 Å². The highest BCUT2D eigenvalue weighted by Gasteiger charge is 1.97. The Kier molecular flexibility index (Phi) is 6.62. The van der Waals surface area contributed by atoms with Crippen molar-refractivity contribution in [3.05, 3.63) is 35.9 Å². The Bertz CT molecular complexity index is 396. The number of carbonyl (C=O) groups excluding carboxylic acids is 1. The standard InChI is InChI=1S/C15H20O3/c1-3-4-5-11-18-15(16)10-9-13-7-6-8-14(12-13)17-2/h6-10,12H,3-5,11H2,1-2H3/b10-9+. The van der Waals surface area contributed by atoms with Crippen molar-refractivity contribution in [1.29, 1.82) is 0 Å². The van der Waals surface area contributed by atoms with E-state index in [2.05, 4.69) is 6.92 Å². The van der Waals surface area contributed by atoms with Crippen LogP contribution in [0.15, 0.2) is 30.3 Å². The molecule has 0 fully saturated rings. The lowest BCUT2D eigenvalue weighted by Gasteiger charge is -2.01. The monoisotopic (exact) mass is 248 g/mol. The van der Waals surface area contributed by atoms with Crippen molar-refractivity contribution in [3.8, 4) is 5.75 Å². The maximum atomic E-state index is 11.4. The van der Waals surface area contributed by atoms with Gasteiger partial charge >= 0.3 is 5.97 Å². The molecule has 1 aromatic rings. The van der Waals surface area contributed by atoms with Crippen LogP contribution in [0.4, 0.5) is 0 Å². The summed E-state index contributed by atoms with van der Waals surface area (Å²) < 4.78 is 10.2. The van der Waals surface area contributed by atoms with Gasteiger partial charge < -0.3 is 9.47 Å². The molecule has 3 nitrogen and oxygen atoms in total. The van der Waals surface area contributed by atoms with Gasteiger partial charge in [0.1, 0.15) is 5.75 Å². The molecule has 0 bridgehead atoms. The molecule has 0 atom stereocenters. The predicted molar refractivity (Wildman–Crippen MR) is 72.5 cm³/mol. The van der Waals surface area contributed by atoms with Crippen LogP contribution in [0.3, 0.4) is 0 Å². The summed E-state index contributed by atoms with van der Waals surface area (Å²) >= 11 is 0. The molecule has 0 aliphatic heterocycles. The average Bonchev–Trinajstić information content (AvgIpc) is 2.41. The number of ether oxygens (including phenoxy) is 2. The molecule has 0 unspecified atom stereocenters. The van der Waals surface area contributed by atoms with Gasteiger partial charge in [-0.25, -0.2) is 4.79 Å². The lowest BCUT2D eigenvalue weighted by atomic mass is 10.2. The molecule has 0 radical (unpaired) electrons. The van der Waals surface area contributed by atoms with Crippen LogP contribution in [-0.2, 0) is 9.53 Å². The minimum atomic E-state index is -0.297. The van der Waals surface area contributed by atoms with E-state index in [0.29, 0.717) is 6.61 Å².